The minimum Gasteiger partial charge on any atom is -0.310 e. The van der Waals surface area contributed by atoms with Crippen molar-refractivity contribution in [1.82, 2.24) is 0 Å². The minimum atomic E-state index is -0.0565. The molecule has 0 bridgehead atoms. The fraction of sp³-hybridized carbons (Fsp3) is 0.107. The van der Waals surface area contributed by atoms with E-state index in [1.807, 2.05) is 30.3 Å². The first kappa shape index (κ1) is 18.4. The Bertz CT molecular complexity index is 1170. The molecule has 0 fully saturated rings. The molecule has 0 aromatic heterocycles. The molecule has 0 unspecified atom stereocenters. The fourth-order valence-corrected chi connectivity index (χ4v) is 4.50. The number of nitrogens with one attached hydrogen (secondary N) is 1. The van der Waals surface area contributed by atoms with E-state index in [4.69, 9.17) is 5.41 Å². The number of para-hydroxylation sites is 2. The normalized spacial score (nSPS) is 14.0. The average Bonchev–Trinajstić information content (AvgIpc) is 2.80. The Morgan fingerprint density at radius 2 is 1.07 bits per heavy atom. The third-order valence-corrected chi connectivity index (χ3v) is 6.11. The lowest BCUT2D eigenvalue weighted by Gasteiger charge is -2.42. The molecule has 5 rings (SSSR count). The van der Waals surface area contributed by atoms with Crippen molar-refractivity contribution in [3.05, 3.63) is 125 Å². The van der Waals surface area contributed by atoms with Crippen LogP contribution in [0.3, 0.4) is 0 Å². The van der Waals surface area contributed by atoms with Crippen molar-refractivity contribution in [3.63, 3.8) is 0 Å². The highest BCUT2D eigenvalue weighted by molar-refractivity contribution is 6.11. The molecule has 4 aromatic carbocycles. The quantitative estimate of drug-likeness (QED) is 0.369. The summed E-state index contributed by atoms with van der Waals surface area (Å²) in [6, 6.07) is 35.6. The average molecular weight is 389 g/mol. The van der Waals surface area contributed by atoms with Crippen molar-refractivity contribution in [3.8, 4) is 0 Å². The van der Waals surface area contributed by atoms with Gasteiger partial charge in [-0.3, -0.25) is 5.41 Å². The van der Waals surface area contributed by atoms with E-state index in [9.17, 15) is 0 Å². The van der Waals surface area contributed by atoms with E-state index in [1.165, 1.54) is 22.5 Å². The topological polar surface area (TPSA) is 27.1 Å². The number of nitrogens with zero attached hydrogens (tertiary/aromatic N) is 1. The van der Waals surface area contributed by atoms with Gasteiger partial charge in [-0.05, 0) is 41.0 Å². The van der Waals surface area contributed by atoms with Crippen molar-refractivity contribution in [2.24, 2.45) is 0 Å². The highest BCUT2D eigenvalue weighted by Crippen LogP contribution is 2.51. The Morgan fingerprint density at radius 1 is 0.600 bits per heavy atom. The Balaban J connectivity index is 1.61. The van der Waals surface area contributed by atoms with Gasteiger partial charge in [0.15, 0.2) is 0 Å². The summed E-state index contributed by atoms with van der Waals surface area (Å²) >= 11 is 0. The zero-order valence-electron chi connectivity index (χ0n) is 17.3. The SMILES string of the molecule is CC1(C)c2ccccc2N(c2ccc(C(=N)c3ccccc3)cc2)c2ccccc21. The van der Waals surface area contributed by atoms with Gasteiger partial charge < -0.3 is 4.90 Å². The largest absolute Gasteiger partial charge is 0.310 e. The van der Waals surface area contributed by atoms with E-state index in [2.05, 4.69) is 91.5 Å². The second-order valence-corrected chi connectivity index (χ2v) is 8.28. The number of hydrogen-bond acceptors (Lipinski definition) is 2. The van der Waals surface area contributed by atoms with Gasteiger partial charge in [0.2, 0.25) is 0 Å². The molecule has 2 heteroatoms. The summed E-state index contributed by atoms with van der Waals surface area (Å²) in [5, 5.41) is 8.56. The van der Waals surface area contributed by atoms with Crippen LogP contribution in [0.1, 0.15) is 36.1 Å². The molecule has 1 aliphatic heterocycles. The smallest absolute Gasteiger partial charge is 0.0684 e. The van der Waals surface area contributed by atoms with Crippen LogP contribution in [0.4, 0.5) is 17.1 Å². The molecule has 0 aliphatic carbocycles. The van der Waals surface area contributed by atoms with E-state index < -0.39 is 0 Å². The van der Waals surface area contributed by atoms with E-state index in [1.54, 1.807) is 0 Å². The molecule has 4 aromatic rings. The summed E-state index contributed by atoms with van der Waals surface area (Å²) in [5.74, 6) is 0. The molecular formula is C28H24N2. The first-order chi connectivity index (χ1) is 14.6. The van der Waals surface area contributed by atoms with Gasteiger partial charge in [0.1, 0.15) is 0 Å². The molecule has 1 aliphatic rings. The van der Waals surface area contributed by atoms with Crippen LogP contribution in [0.15, 0.2) is 103 Å². The standard InChI is InChI=1S/C28H24N2/c1-28(2)23-12-6-8-14-25(23)30(26-15-9-7-13-24(26)28)22-18-16-21(17-19-22)27(29)20-10-4-3-5-11-20/h3-19,29H,1-2H3. The Morgan fingerprint density at radius 3 is 1.63 bits per heavy atom. The maximum Gasteiger partial charge on any atom is 0.0684 e. The van der Waals surface area contributed by atoms with Crippen LogP contribution in [0, 0.1) is 5.41 Å². The molecule has 0 saturated heterocycles. The molecular weight excluding hydrogens is 364 g/mol. The van der Waals surface area contributed by atoms with Crippen LogP contribution in [-0.4, -0.2) is 5.71 Å². The fourth-order valence-electron chi connectivity index (χ4n) is 4.50. The summed E-state index contributed by atoms with van der Waals surface area (Å²) in [5.41, 5.74) is 8.52. The van der Waals surface area contributed by atoms with Crippen LogP contribution < -0.4 is 4.90 Å². The van der Waals surface area contributed by atoms with E-state index in [0.717, 1.165) is 16.8 Å². The van der Waals surface area contributed by atoms with Crippen molar-refractivity contribution in [2.45, 2.75) is 19.3 Å². The lowest BCUT2D eigenvalue weighted by atomic mass is 9.73. The molecule has 0 saturated carbocycles. The highest BCUT2D eigenvalue weighted by Gasteiger charge is 2.36. The maximum atomic E-state index is 8.56. The lowest BCUT2D eigenvalue weighted by Crippen LogP contribution is -2.30. The number of fused-ring (bicyclic) bond motifs is 2. The van der Waals surface area contributed by atoms with Gasteiger partial charge in [-0.15, -0.1) is 0 Å². The van der Waals surface area contributed by atoms with Crippen LogP contribution in [0.2, 0.25) is 0 Å². The van der Waals surface area contributed by atoms with E-state index in [0.29, 0.717) is 5.71 Å². The Kier molecular flexibility index (Phi) is 4.29. The number of rotatable bonds is 3. The summed E-state index contributed by atoms with van der Waals surface area (Å²) in [6.45, 7) is 4.60. The summed E-state index contributed by atoms with van der Waals surface area (Å²) in [4.78, 5) is 2.34. The number of anilines is 3. The molecule has 0 radical (unpaired) electrons. The van der Waals surface area contributed by atoms with Crippen LogP contribution in [-0.2, 0) is 5.41 Å². The Labute approximate surface area is 178 Å². The first-order valence-electron chi connectivity index (χ1n) is 10.3. The predicted octanol–water partition coefficient (Wildman–Crippen LogP) is 7.21. The first-order valence-corrected chi connectivity index (χ1v) is 10.3. The molecule has 0 spiro atoms. The van der Waals surface area contributed by atoms with E-state index >= 15 is 0 Å². The molecule has 0 atom stereocenters. The number of hydrogen-bond donors (Lipinski definition) is 1. The summed E-state index contributed by atoms with van der Waals surface area (Å²) in [7, 11) is 0. The van der Waals surface area contributed by atoms with Gasteiger partial charge in [-0.2, -0.15) is 0 Å². The van der Waals surface area contributed by atoms with Crippen molar-refractivity contribution < 1.29 is 0 Å². The zero-order chi connectivity index (χ0) is 20.7. The van der Waals surface area contributed by atoms with Crippen molar-refractivity contribution in [1.29, 1.82) is 5.41 Å². The second-order valence-electron chi connectivity index (χ2n) is 8.28. The van der Waals surface area contributed by atoms with Crippen molar-refractivity contribution >= 4 is 22.8 Å². The van der Waals surface area contributed by atoms with Gasteiger partial charge in [0.25, 0.3) is 0 Å². The Hall–Kier alpha value is -3.65. The molecule has 30 heavy (non-hydrogen) atoms. The minimum absolute atomic E-state index is 0.0565. The number of benzene rings is 4. The van der Waals surface area contributed by atoms with Crippen LogP contribution in [0.25, 0.3) is 0 Å². The van der Waals surface area contributed by atoms with Gasteiger partial charge in [0.05, 0.1) is 17.1 Å². The van der Waals surface area contributed by atoms with Crippen molar-refractivity contribution in [2.75, 3.05) is 4.90 Å². The zero-order valence-corrected chi connectivity index (χ0v) is 17.3. The van der Waals surface area contributed by atoms with Gasteiger partial charge >= 0.3 is 0 Å². The van der Waals surface area contributed by atoms with E-state index in [-0.39, 0.29) is 5.41 Å². The summed E-state index contributed by atoms with van der Waals surface area (Å²) in [6.07, 6.45) is 0. The molecule has 146 valence electrons. The molecule has 1 N–H and O–H groups in total. The van der Waals surface area contributed by atoms with Gasteiger partial charge in [-0.25, -0.2) is 0 Å². The van der Waals surface area contributed by atoms with Gasteiger partial charge in [-0.1, -0.05) is 92.7 Å². The summed E-state index contributed by atoms with van der Waals surface area (Å²) < 4.78 is 0. The second kappa shape index (κ2) is 7.00. The molecule has 0 amide bonds. The molecule has 2 nitrogen and oxygen atoms in total. The predicted molar refractivity (Wildman–Crippen MR) is 126 cm³/mol. The third kappa shape index (κ3) is 2.84. The molecule has 1 heterocycles. The van der Waals surface area contributed by atoms with Crippen LogP contribution >= 0.6 is 0 Å². The lowest BCUT2D eigenvalue weighted by molar-refractivity contribution is 0.632. The monoisotopic (exact) mass is 388 g/mol. The van der Waals surface area contributed by atoms with Crippen LogP contribution in [0.5, 0.6) is 0 Å². The highest BCUT2D eigenvalue weighted by atomic mass is 15.2. The van der Waals surface area contributed by atoms with Gasteiger partial charge in [0, 0.05) is 16.7 Å². The maximum absolute atomic E-state index is 8.56. The third-order valence-electron chi connectivity index (χ3n) is 6.11.